The van der Waals surface area contributed by atoms with Crippen molar-refractivity contribution in [3.8, 4) is 0 Å². The number of likely N-dealkylation sites (tertiary alicyclic amines) is 1. The highest BCUT2D eigenvalue weighted by Gasteiger charge is 2.35. The van der Waals surface area contributed by atoms with Gasteiger partial charge in [0.2, 0.25) is 5.91 Å². The van der Waals surface area contributed by atoms with Crippen molar-refractivity contribution in [2.24, 2.45) is 12.8 Å². The van der Waals surface area contributed by atoms with Gasteiger partial charge in [-0.05, 0) is 39.2 Å². The van der Waals surface area contributed by atoms with Crippen LogP contribution in [-0.2, 0) is 11.8 Å². The molecule has 1 amide bonds. The lowest BCUT2D eigenvalue weighted by Gasteiger charge is -2.28. The molecule has 0 spiro atoms. The van der Waals surface area contributed by atoms with Gasteiger partial charge in [-0.2, -0.15) is 5.10 Å². The smallest absolute Gasteiger partial charge is 0.244 e. The largest absolute Gasteiger partial charge is 0.334 e. The summed E-state index contributed by atoms with van der Waals surface area (Å²) < 4.78 is 1.89. The van der Waals surface area contributed by atoms with E-state index in [1.807, 2.05) is 54.7 Å². The molecule has 1 fully saturated rings. The molecule has 1 saturated heterocycles. The van der Waals surface area contributed by atoms with E-state index in [9.17, 15) is 4.79 Å². The maximum absolute atomic E-state index is 13.0. The molecule has 2 unspecified atom stereocenters. The monoisotopic (exact) mass is 398 g/mol. The number of aryl methyl sites for hydroxylation is 3. The van der Waals surface area contributed by atoms with Crippen LogP contribution in [-0.4, -0.2) is 27.1 Å². The number of nitrogens with two attached hydrogens (primary N) is 1. The summed E-state index contributed by atoms with van der Waals surface area (Å²) in [5, 5.41) is 4.51. The minimum absolute atomic E-state index is 0. The molecule has 2 atom stereocenters. The van der Waals surface area contributed by atoms with Crippen molar-refractivity contribution >= 4 is 30.7 Å². The summed E-state index contributed by atoms with van der Waals surface area (Å²) in [5.74, 6) is 0.00371. The molecule has 5 nitrogen and oxygen atoms in total. The van der Waals surface area contributed by atoms with Gasteiger partial charge in [0, 0.05) is 24.8 Å². The van der Waals surface area contributed by atoms with Crippen molar-refractivity contribution in [1.29, 1.82) is 0 Å². The third-order valence-electron chi connectivity index (χ3n) is 5.14. The van der Waals surface area contributed by atoms with Gasteiger partial charge in [-0.15, -0.1) is 24.8 Å². The van der Waals surface area contributed by atoms with E-state index in [1.165, 1.54) is 11.1 Å². The molecule has 2 aromatic rings. The number of benzene rings is 1. The number of hydrogen-bond donors (Lipinski definition) is 1. The Balaban J connectivity index is 0.00000169. The summed E-state index contributed by atoms with van der Waals surface area (Å²) in [4.78, 5) is 15.0. The molecule has 144 valence electrons. The number of rotatable bonds is 3. The number of halogens is 2. The first-order valence-corrected chi connectivity index (χ1v) is 8.53. The van der Waals surface area contributed by atoms with E-state index in [0.29, 0.717) is 0 Å². The van der Waals surface area contributed by atoms with Crippen molar-refractivity contribution in [3.63, 3.8) is 0 Å². The number of nitrogens with zero attached hydrogens (tertiary/aromatic N) is 3. The Hall–Kier alpha value is -1.56. The summed E-state index contributed by atoms with van der Waals surface area (Å²) in [5.41, 5.74) is 11.6. The molecule has 7 heteroatoms. The lowest BCUT2D eigenvalue weighted by Crippen LogP contribution is -2.38. The summed E-state index contributed by atoms with van der Waals surface area (Å²) in [7, 11) is 1.95. The Morgan fingerprint density at radius 1 is 1.19 bits per heavy atom. The normalized spacial score (nSPS) is 17.4. The molecule has 26 heavy (non-hydrogen) atoms. The van der Waals surface area contributed by atoms with E-state index in [1.54, 1.807) is 0 Å². The van der Waals surface area contributed by atoms with E-state index in [2.05, 4.69) is 12.0 Å². The van der Waals surface area contributed by atoms with E-state index in [4.69, 9.17) is 5.73 Å². The Morgan fingerprint density at radius 3 is 2.35 bits per heavy atom. The van der Waals surface area contributed by atoms with Gasteiger partial charge >= 0.3 is 0 Å². The summed E-state index contributed by atoms with van der Waals surface area (Å²) in [6.07, 6.45) is 1.98. The number of amides is 1. The van der Waals surface area contributed by atoms with E-state index >= 15 is 0 Å². The molecule has 0 saturated carbocycles. The molecule has 1 aromatic heterocycles. The van der Waals surface area contributed by atoms with Crippen molar-refractivity contribution in [3.05, 3.63) is 52.3 Å². The van der Waals surface area contributed by atoms with Crippen LogP contribution in [0.15, 0.2) is 24.3 Å². The predicted molar refractivity (Wildman–Crippen MR) is 109 cm³/mol. The Bertz CT molecular complexity index is 758. The van der Waals surface area contributed by atoms with Gasteiger partial charge in [0.15, 0.2) is 0 Å². The Morgan fingerprint density at radius 2 is 1.81 bits per heavy atom. The van der Waals surface area contributed by atoms with E-state index in [0.717, 1.165) is 36.3 Å². The van der Waals surface area contributed by atoms with Crippen LogP contribution in [0.25, 0.3) is 0 Å². The molecular formula is C19H28Cl2N4O. The molecule has 3 rings (SSSR count). The fourth-order valence-electron chi connectivity index (χ4n) is 3.70. The molecule has 0 radical (unpaired) electrons. The van der Waals surface area contributed by atoms with Crippen LogP contribution >= 0.6 is 24.8 Å². The molecule has 0 bridgehead atoms. The van der Waals surface area contributed by atoms with Crippen molar-refractivity contribution < 1.29 is 4.79 Å². The molecule has 2 N–H and O–H groups in total. The minimum Gasteiger partial charge on any atom is -0.334 e. The number of hydrogen-bond acceptors (Lipinski definition) is 3. The second-order valence-corrected chi connectivity index (χ2v) is 6.79. The van der Waals surface area contributed by atoms with Gasteiger partial charge in [0.1, 0.15) is 6.04 Å². The summed E-state index contributed by atoms with van der Waals surface area (Å²) in [6.45, 7) is 6.87. The van der Waals surface area contributed by atoms with Crippen LogP contribution < -0.4 is 5.73 Å². The quantitative estimate of drug-likeness (QED) is 0.859. The van der Waals surface area contributed by atoms with Gasteiger partial charge in [0.05, 0.1) is 11.7 Å². The Labute approximate surface area is 167 Å². The number of carbonyl (C=O) groups excluding carboxylic acids is 1. The first-order valence-electron chi connectivity index (χ1n) is 8.53. The molecule has 2 heterocycles. The zero-order valence-electron chi connectivity index (χ0n) is 15.7. The minimum atomic E-state index is -0.608. The third kappa shape index (κ3) is 4.05. The van der Waals surface area contributed by atoms with Crippen LogP contribution in [0.1, 0.15) is 53.0 Å². The standard InChI is InChI=1S/C19H26N4O.2ClH/c1-12-7-9-15(10-8-12)18(20)19(24)23-11-5-6-16(23)17-13(2)21-22(4)14(17)3;;/h7-10,16,18H,5-6,11,20H2,1-4H3;2*1H. The SMILES string of the molecule is Cc1ccc(C(N)C(=O)N2CCCC2c2c(C)nn(C)c2C)cc1.Cl.Cl. The lowest BCUT2D eigenvalue weighted by atomic mass is 10.0. The fraction of sp³-hybridized carbons (Fsp3) is 0.474. The molecule has 1 aliphatic rings. The second kappa shape index (κ2) is 8.89. The topological polar surface area (TPSA) is 64.2 Å². The average molecular weight is 399 g/mol. The van der Waals surface area contributed by atoms with Crippen LogP contribution in [0.4, 0.5) is 0 Å². The number of aromatic nitrogens is 2. The first kappa shape index (κ1) is 22.5. The molecule has 1 aliphatic heterocycles. The van der Waals surface area contributed by atoms with Gasteiger partial charge in [-0.25, -0.2) is 0 Å². The van der Waals surface area contributed by atoms with Crippen LogP contribution in [0, 0.1) is 20.8 Å². The maximum atomic E-state index is 13.0. The second-order valence-electron chi connectivity index (χ2n) is 6.79. The third-order valence-corrected chi connectivity index (χ3v) is 5.14. The average Bonchev–Trinajstić information content (AvgIpc) is 3.12. The molecular weight excluding hydrogens is 371 g/mol. The number of carbonyl (C=O) groups is 1. The van der Waals surface area contributed by atoms with Crippen LogP contribution in [0.2, 0.25) is 0 Å². The lowest BCUT2D eigenvalue weighted by molar-refractivity contribution is -0.133. The van der Waals surface area contributed by atoms with Crippen molar-refractivity contribution in [2.75, 3.05) is 6.54 Å². The highest BCUT2D eigenvalue weighted by molar-refractivity contribution is 5.85. The van der Waals surface area contributed by atoms with Crippen molar-refractivity contribution in [2.45, 2.75) is 45.7 Å². The van der Waals surface area contributed by atoms with Crippen LogP contribution in [0.3, 0.4) is 0 Å². The predicted octanol–water partition coefficient (Wildman–Crippen LogP) is 3.55. The zero-order valence-corrected chi connectivity index (χ0v) is 17.4. The van der Waals surface area contributed by atoms with E-state index < -0.39 is 6.04 Å². The van der Waals surface area contributed by atoms with Gasteiger partial charge in [0.25, 0.3) is 0 Å². The summed E-state index contributed by atoms with van der Waals surface area (Å²) >= 11 is 0. The van der Waals surface area contributed by atoms with Gasteiger partial charge in [-0.1, -0.05) is 29.8 Å². The maximum Gasteiger partial charge on any atom is 0.244 e. The van der Waals surface area contributed by atoms with Gasteiger partial charge in [-0.3, -0.25) is 9.48 Å². The summed E-state index contributed by atoms with van der Waals surface area (Å²) in [6, 6.07) is 7.37. The van der Waals surface area contributed by atoms with E-state index in [-0.39, 0.29) is 36.8 Å². The van der Waals surface area contributed by atoms with Gasteiger partial charge < -0.3 is 10.6 Å². The van der Waals surface area contributed by atoms with Crippen LogP contribution in [0.5, 0.6) is 0 Å². The zero-order chi connectivity index (χ0) is 17.4. The highest BCUT2D eigenvalue weighted by atomic mass is 35.5. The van der Waals surface area contributed by atoms with Crippen molar-refractivity contribution in [1.82, 2.24) is 14.7 Å². The Kier molecular flexibility index (Phi) is 7.69. The first-order chi connectivity index (χ1) is 11.4. The molecule has 0 aliphatic carbocycles. The highest BCUT2D eigenvalue weighted by Crippen LogP contribution is 2.36. The fourth-order valence-corrected chi connectivity index (χ4v) is 3.70. The molecule has 1 aromatic carbocycles.